The van der Waals surface area contributed by atoms with Crippen molar-refractivity contribution in [3.63, 3.8) is 0 Å². The number of benzene rings is 2. The summed E-state index contributed by atoms with van der Waals surface area (Å²) in [6.07, 6.45) is 3.80. The highest BCUT2D eigenvalue weighted by Gasteiger charge is 2.25. The minimum absolute atomic E-state index is 0. The Morgan fingerprint density at radius 1 is 1.06 bits per heavy atom. The van der Waals surface area contributed by atoms with Crippen LogP contribution in [-0.4, -0.2) is 68.8 Å². The van der Waals surface area contributed by atoms with Crippen LogP contribution >= 0.6 is 35.3 Å². The number of carbonyl (C=O) groups excluding carboxylic acids is 1. The zero-order chi connectivity index (χ0) is 25.6. The van der Waals surface area contributed by atoms with Gasteiger partial charge in [0.05, 0.1) is 15.1 Å². The number of nitrogens with zero attached hydrogens (tertiary/aromatic N) is 4. The van der Waals surface area contributed by atoms with Crippen LogP contribution in [0.15, 0.2) is 72.7 Å². The molecule has 36 heavy (non-hydrogen) atoms. The highest BCUT2D eigenvalue weighted by Crippen LogP contribution is 2.32. The molecule has 0 spiro atoms. The number of thiazole rings is 1. The van der Waals surface area contributed by atoms with Gasteiger partial charge in [0.2, 0.25) is 10.0 Å². The Balaban J connectivity index is 0.00000456. The molecule has 0 aliphatic carbocycles. The van der Waals surface area contributed by atoms with Gasteiger partial charge in [-0.1, -0.05) is 35.1 Å². The third-order valence-electron chi connectivity index (χ3n) is 5.21. The molecular weight excluding hydrogens is 539 g/mol. The molecule has 3 aromatic rings. The van der Waals surface area contributed by atoms with E-state index in [0.717, 1.165) is 23.2 Å². The Bertz CT molecular complexity index is 1300. The van der Waals surface area contributed by atoms with Gasteiger partial charge in [0, 0.05) is 30.2 Å². The molecule has 0 saturated carbocycles. The van der Waals surface area contributed by atoms with E-state index in [1.165, 1.54) is 39.9 Å². The van der Waals surface area contributed by atoms with E-state index >= 15 is 0 Å². The molecular formula is C25H30Cl2N4O3S2. The maximum absolute atomic E-state index is 13.5. The highest BCUT2D eigenvalue weighted by molar-refractivity contribution is 7.89. The lowest BCUT2D eigenvalue weighted by Crippen LogP contribution is -2.33. The van der Waals surface area contributed by atoms with E-state index in [9.17, 15) is 13.2 Å². The molecule has 0 radical (unpaired) electrons. The van der Waals surface area contributed by atoms with E-state index in [4.69, 9.17) is 11.6 Å². The third-order valence-corrected chi connectivity index (χ3v) is 8.33. The van der Waals surface area contributed by atoms with Gasteiger partial charge in [0.15, 0.2) is 5.13 Å². The van der Waals surface area contributed by atoms with Gasteiger partial charge in [-0.2, -0.15) is 4.31 Å². The fourth-order valence-corrected chi connectivity index (χ4v) is 6.11. The van der Waals surface area contributed by atoms with Crippen molar-refractivity contribution in [1.29, 1.82) is 0 Å². The van der Waals surface area contributed by atoms with Crippen molar-refractivity contribution in [3.05, 3.63) is 78.4 Å². The molecule has 1 heterocycles. The summed E-state index contributed by atoms with van der Waals surface area (Å²) in [5, 5.41) is 1.18. The monoisotopic (exact) mass is 568 g/mol. The lowest BCUT2D eigenvalue weighted by molar-refractivity contribution is 0.0986. The van der Waals surface area contributed by atoms with Gasteiger partial charge < -0.3 is 4.90 Å². The minimum Gasteiger partial charge on any atom is -0.309 e. The smallest absolute Gasteiger partial charge is 0.260 e. The Kier molecular flexibility index (Phi) is 11.1. The van der Waals surface area contributed by atoms with Crippen molar-refractivity contribution in [2.24, 2.45) is 0 Å². The maximum atomic E-state index is 13.5. The number of halogens is 2. The number of amides is 1. The van der Waals surface area contributed by atoms with Crippen LogP contribution in [-0.2, 0) is 10.0 Å². The molecule has 1 aromatic heterocycles. The van der Waals surface area contributed by atoms with Gasteiger partial charge in [-0.15, -0.1) is 25.6 Å². The first-order chi connectivity index (χ1) is 16.7. The Morgan fingerprint density at radius 3 is 2.28 bits per heavy atom. The number of fused-ring (bicyclic) bond motifs is 1. The van der Waals surface area contributed by atoms with Crippen LogP contribution in [0.2, 0.25) is 5.02 Å². The van der Waals surface area contributed by atoms with E-state index in [-0.39, 0.29) is 36.3 Å². The van der Waals surface area contributed by atoms with Gasteiger partial charge in [0.25, 0.3) is 5.91 Å². The van der Waals surface area contributed by atoms with Gasteiger partial charge in [0.1, 0.15) is 0 Å². The van der Waals surface area contributed by atoms with Gasteiger partial charge in [-0.05, 0) is 69.5 Å². The van der Waals surface area contributed by atoms with Crippen molar-refractivity contribution in [2.45, 2.75) is 11.3 Å². The fraction of sp³-hybridized carbons (Fsp3) is 0.280. The number of sulfonamides is 1. The summed E-state index contributed by atoms with van der Waals surface area (Å²) in [5.74, 6) is -0.244. The van der Waals surface area contributed by atoms with Crippen LogP contribution in [0.25, 0.3) is 10.2 Å². The quantitative estimate of drug-likeness (QED) is 0.276. The molecule has 11 heteroatoms. The highest BCUT2D eigenvalue weighted by atomic mass is 35.5. The largest absolute Gasteiger partial charge is 0.309 e. The molecule has 2 aromatic carbocycles. The predicted octanol–water partition coefficient (Wildman–Crippen LogP) is 5.33. The second-order valence-electron chi connectivity index (χ2n) is 8.15. The van der Waals surface area contributed by atoms with Crippen molar-refractivity contribution in [3.8, 4) is 0 Å². The standard InChI is InChI=1S/C25H29ClN4O3S2.ClH/c1-5-14-29(15-6-2)35(32,33)21-11-8-19(9-12-21)24(31)30(17-7-16-28(3)4)25-27-22-13-10-20(26)18-23(22)34-25;/h5-6,8-13,18H,1-2,7,14-17H2,3-4H3;1H. The summed E-state index contributed by atoms with van der Waals surface area (Å²) < 4.78 is 28.1. The summed E-state index contributed by atoms with van der Waals surface area (Å²) in [4.78, 5) is 22.0. The molecule has 1 amide bonds. The molecule has 3 rings (SSSR count). The number of hydrogen-bond donors (Lipinski definition) is 0. The second-order valence-corrected chi connectivity index (χ2v) is 11.5. The summed E-state index contributed by atoms with van der Waals surface area (Å²) in [7, 11) is 0.211. The van der Waals surface area contributed by atoms with Gasteiger partial charge in [-0.3, -0.25) is 9.69 Å². The first-order valence-electron chi connectivity index (χ1n) is 11.0. The van der Waals surface area contributed by atoms with Crippen molar-refractivity contribution < 1.29 is 13.2 Å². The average molecular weight is 570 g/mol. The first kappa shape index (κ1) is 30.0. The topological polar surface area (TPSA) is 73.8 Å². The average Bonchev–Trinajstić information content (AvgIpc) is 3.24. The zero-order valence-corrected chi connectivity index (χ0v) is 23.5. The van der Waals surface area contributed by atoms with Crippen LogP contribution in [0.1, 0.15) is 16.8 Å². The molecule has 0 aliphatic heterocycles. The first-order valence-corrected chi connectivity index (χ1v) is 13.7. The van der Waals surface area contributed by atoms with Crippen molar-refractivity contribution in [2.75, 3.05) is 45.2 Å². The molecule has 0 fully saturated rings. The van der Waals surface area contributed by atoms with E-state index in [2.05, 4.69) is 23.0 Å². The van der Waals surface area contributed by atoms with E-state index in [0.29, 0.717) is 22.3 Å². The van der Waals surface area contributed by atoms with E-state index in [1.807, 2.05) is 26.2 Å². The fourth-order valence-electron chi connectivity index (χ4n) is 3.46. The summed E-state index contributed by atoms with van der Waals surface area (Å²) in [6, 6.07) is 11.4. The van der Waals surface area contributed by atoms with Crippen LogP contribution < -0.4 is 4.90 Å². The Labute approximate surface area is 228 Å². The molecule has 0 bridgehead atoms. The van der Waals surface area contributed by atoms with E-state index in [1.54, 1.807) is 23.1 Å². The van der Waals surface area contributed by atoms with Crippen LogP contribution in [0, 0.1) is 0 Å². The number of anilines is 1. The van der Waals surface area contributed by atoms with Crippen LogP contribution in [0.3, 0.4) is 0 Å². The Hall–Kier alpha value is -2.27. The molecule has 0 aliphatic rings. The number of rotatable bonds is 12. The molecule has 0 atom stereocenters. The molecule has 0 saturated heterocycles. The maximum Gasteiger partial charge on any atom is 0.260 e. The SMILES string of the molecule is C=CCN(CC=C)S(=O)(=O)c1ccc(C(=O)N(CCCN(C)C)c2nc3ccc(Cl)cc3s2)cc1.Cl. The number of carbonyl (C=O) groups is 1. The lowest BCUT2D eigenvalue weighted by Gasteiger charge is -2.22. The predicted molar refractivity (Wildman–Crippen MR) is 152 cm³/mol. The molecule has 0 unspecified atom stereocenters. The number of aromatic nitrogens is 1. The van der Waals surface area contributed by atoms with Gasteiger partial charge in [-0.25, -0.2) is 13.4 Å². The molecule has 194 valence electrons. The third kappa shape index (κ3) is 7.15. The molecule has 7 nitrogen and oxygen atoms in total. The van der Waals surface area contributed by atoms with Crippen molar-refractivity contribution in [1.82, 2.24) is 14.2 Å². The number of hydrogen-bond acceptors (Lipinski definition) is 6. The van der Waals surface area contributed by atoms with Crippen LogP contribution in [0.5, 0.6) is 0 Å². The van der Waals surface area contributed by atoms with Crippen molar-refractivity contribution >= 4 is 66.6 Å². The van der Waals surface area contributed by atoms with Gasteiger partial charge >= 0.3 is 0 Å². The summed E-state index contributed by atoms with van der Waals surface area (Å²) >= 11 is 7.53. The second kappa shape index (κ2) is 13.3. The summed E-state index contributed by atoms with van der Waals surface area (Å²) in [6.45, 7) is 8.85. The normalized spacial score (nSPS) is 11.5. The summed E-state index contributed by atoms with van der Waals surface area (Å²) in [5.41, 5.74) is 1.15. The zero-order valence-electron chi connectivity index (χ0n) is 20.3. The minimum atomic E-state index is -3.75. The van der Waals surface area contributed by atoms with E-state index < -0.39 is 10.0 Å². The molecule has 0 N–H and O–H groups in total. The Morgan fingerprint density at radius 2 is 1.69 bits per heavy atom. The van der Waals surface area contributed by atoms with Crippen LogP contribution in [0.4, 0.5) is 5.13 Å². The lowest BCUT2D eigenvalue weighted by atomic mass is 10.2.